The van der Waals surface area contributed by atoms with Gasteiger partial charge in [0.2, 0.25) is 0 Å². The van der Waals surface area contributed by atoms with Gasteiger partial charge >= 0.3 is 0 Å². The second-order valence-corrected chi connectivity index (χ2v) is 4.91. The molecular weight excluding hydrogens is 124 g/mol. The van der Waals surface area contributed by atoms with Crippen LogP contribution in [0.1, 0.15) is 13.8 Å². The molecule has 0 aliphatic carbocycles. The van der Waals surface area contributed by atoms with E-state index in [0.717, 1.165) is 0 Å². The molecule has 1 saturated heterocycles. The molecule has 0 spiro atoms. The molecule has 3 heteroatoms. The van der Waals surface area contributed by atoms with E-state index >= 15 is 0 Å². The van der Waals surface area contributed by atoms with Gasteiger partial charge in [-0.2, -0.15) is 0 Å². The average molecular weight is 134 g/mol. The van der Waals surface area contributed by atoms with Gasteiger partial charge in [-0.05, 0) is 12.8 Å². The van der Waals surface area contributed by atoms with Crippen LogP contribution in [0.3, 0.4) is 0 Å². The molecule has 0 bridgehead atoms. The number of sulfone groups is 1. The quantitative estimate of drug-likeness (QED) is 0.481. The lowest BCUT2D eigenvalue weighted by Gasteiger charge is -2.29. The topological polar surface area (TPSA) is 34.1 Å². The van der Waals surface area contributed by atoms with Crippen molar-refractivity contribution in [2.75, 3.05) is 5.75 Å². The van der Waals surface area contributed by atoms with Gasteiger partial charge in [-0.3, -0.25) is 0 Å². The molecule has 1 heterocycles. The van der Waals surface area contributed by atoms with E-state index in [4.69, 9.17) is 0 Å². The van der Waals surface area contributed by atoms with Crippen LogP contribution in [-0.2, 0) is 9.84 Å². The fourth-order valence-corrected chi connectivity index (χ4v) is 2.66. The molecule has 8 heavy (non-hydrogen) atoms. The molecule has 2 atom stereocenters. The Bertz CT molecular complexity index is 181. The third-order valence-electron chi connectivity index (χ3n) is 1.86. The normalized spacial score (nSPS) is 43.2. The van der Waals surface area contributed by atoms with Crippen LogP contribution < -0.4 is 0 Å². The van der Waals surface area contributed by atoms with Crippen molar-refractivity contribution in [3.8, 4) is 0 Å². The molecule has 1 aliphatic heterocycles. The summed E-state index contributed by atoms with van der Waals surface area (Å²) in [5.41, 5.74) is 0. The zero-order valence-electron chi connectivity index (χ0n) is 5.09. The van der Waals surface area contributed by atoms with Crippen LogP contribution in [0.4, 0.5) is 0 Å². The molecule has 1 rings (SSSR count). The predicted octanol–water partition coefficient (Wildman–Crippen LogP) is 0.439. The van der Waals surface area contributed by atoms with Crippen molar-refractivity contribution in [2.24, 2.45) is 5.92 Å². The molecule has 0 aromatic rings. The molecule has 1 fully saturated rings. The average Bonchev–Trinajstić information content (AvgIpc) is 1.65. The first-order chi connectivity index (χ1) is 3.54. The molecule has 2 nitrogen and oxygen atoms in total. The van der Waals surface area contributed by atoms with Crippen LogP contribution >= 0.6 is 0 Å². The maximum Gasteiger partial charge on any atom is 0.153 e. The van der Waals surface area contributed by atoms with Gasteiger partial charge in [0.05, 0.1) is 11.0 Å². The van der Waals surface area contributed by atoms with Crippen molar-refractivity contribution in [1.29, 1.82) is 0 Å². The summed E-state index contributed by atoms with van der Waals surface area (Å²) < 4.78 is 21.3. The van der Waals surface area contributed by atoms with Crippen LogP contribution in [0.5, 0.6) is 0 Å². The monoisotopic (exact) mass is 134 g/mol. The highest BCUT2D eigenvalue weighted by molar-refractivity contribution is 7.93. The fourth-order valence-electron chi connectivity index (χ4n) is 0.885. The minimum Gasteiger partial charge on any atom is -0.229 e. The van der Waals surface area contributed by atoms with Crippen LogP contribution in [0, 0.1) is 5.92 Å². The minimum absolute atomic E-state index is 0.0810. The van der Waals surface area contributed by atoms with E-state index in [1.165, 1.54) is 0 Å². The summed E-state index contributed by atoms with van der Waals surface area (Å²) in [6.45, 7) is 3.73. The summed E-state index contributed by atoms with van der Waals surface area (Å²) >= 11 is 0. The van der Waals surface area contributed by atoms with E-state index in [-0.39, 0.29) is 5.25 Å². The summed E-state index contributed by atoms with van der Waals surface area (Å²) in [5.74, 6) is 0.786. The van der Waals surface area contributed by atoms with Crippen LogP contribution in [0.15, 0.2) is 0 Å². The molecular formula is C5H10O2S. The molecule has 48 valence electrons. The first-order valence-electron chi connectivity index (χ1n) is 2.75. The smallest absolute Gasteiger partial charge is 0.153 e. The van der Waals surface area contributed by atoms with Crippen molar-refractivity contribution in [1.82, 2.24) is 0 Å². The lowest BCUT2D eigenvalue weighted by molar-refractivity contribution is 0.491. The van der Waals surface area contributed by atoms with Gasteiger partial charge in [0.25, 0.3) is 0 Å². The first kappa shape index (κ1) is 6.08. The predicted molar refractivity (Wildman–Crippen MR) is 32.4 cm³/mol. The van der Waals surface area contributed by atoms with Crippen LogP contribution in [0.25, 0.3) is 0 Å². The Labute approximate surface area is 49.8 Å². The van der Waals surface area contributed by atoms with Crippen molar-refractivity contribution >= 4 is 9.84 Å². The largest absolute Gasteiger partial charge is 0.229 e. The highest BCUT2D eigenvalue weighted by Gasteiger charge is 2.38. The fraction of sp³-hybridized carbons (Fsp3) is 1.00. The zero-order valence-corrected chi connectivity index (χ0v) is 5.90. The third-order valence-corrected chi connectivity index (χ3v) is 4.45. The Balaban J connectivity index is 2.75. The molecule has 0 amide bonds. The Morgan fingerprint density at radius 3 is 1.88 bits per heavy atom. The summed E-state index contributed by atoms with van der Waals surface area (Å²) in [7, 11) is -2.61. The van der Waals surface area contributed by atoms with Gasteiger partial charge in [0.1, 0.15) is 0 Å². The number of rotatable bonds is 0. The molecule has 0 aromatic carbocycles. The number of hydrogen-bond donors (Lipinski definition) is 0. The Kier molecular flexibility index (Phi) is 1.11. The van der Waals surface area contributed by atoms with E-state index in [1.54, 1.807) is 6.92 Å². The third kappa shape index (κ3) is 0.652. The summed E-state index contributed by atoms with van der Waals surface area (Å²) in [6, 6.07) is 0. The SMILES string of the molecule is CC1CS(=O)(=O)[C@@H]1C. The van der Waals surface area contributed by atoms with E-state index in [2.05, 4.69) is 0 Å². The molecule has 1 unspecified atom stereocenters. The lowest BCUT2D eigenvalue weighted by atomic mass is 10.1. The van der Waals surface area contributed by atoms with Crippen molar-refractivity contribution in [2.45, 2.75) is 19.1 Å². The van der Waals surface area contributed by atoms with E-state index in [9.17, 15) is 8.42 Å². The zero-order chi connectivity index (χ0) is 6.36. The minimum atomic E-state index is -2.61. The second kappa shape index (κ2) is 1.47. The summed E-state index contributed by atoms with van der Waals surface area (Å²) in [6.07, 6.45) is 0. The first-order valence-corrected chi connectivity index (χ1v) is 4.47. The summed E-state index contributed by atoms with van der Waals surface area (Å²) in [5, 5.41) is -0.0810. The second-order valence-electron chi connectivity index (χ2n) is 2.51. The highest BCUT2D eigenvalue weighted by Crippen LogP contribution is 2.26. The summed E-state index contributed by atoms with van der Waals surface area (Å²) in [4.78, 5) is 0. The van der Waals surface area contributed by atoms with Crippen molar-refractivity contribution < 1.29 is 8.42 Å². The standard InChI is InChI=1S/C5H10O2S/c1-4-3-8(6,7)5(4)2/h4-5H,3H2,1-2H3/t4?,5-/m1/s1. The van der Waals surface area contributed by atoms with Gasteiger partial charge in [-0.15, -0.1) is 0 Å². The van der Waals surface area contributed by atoms with Gasteiger partial charge in [0.15, 0.2) is 9.84 Å². The Hall–Kier alpha value is -0.0500. The van der Waals surface area contributed by atoms with Crippen molar-refractivity contribution in [3.05, 3.63) is 0 Å². The molecule has 0 N–H and O–H groups in total. The van der Waals surface area contributed by atoms with Crippen LogP contribution in [0.2, 0.25) is 0 Å². The molecule has 0 aromatic heterocycles. The maximum atomic E-state index is 10.6. The van der Waals surface area contributed by atoms with Gasteiger partial charge in [0, 0.05) is 0 Å². The molecule has 0 saturated carbocycles. The van der Waals surface area contributed by atoms with Crippen LogP contribution in [-0.4, -0.2) is 19.4 Å². The van der Waals surface area contributed by atoms with E-state index in [0.29, 0.717) is 11.7 Å². The van der Waals surface area contributed by atoms with Gasteiger partial charge in [-0.25, -0.2) is 8.42 Å². The highest BCUT2D eigenvalue weighted by atomic mass is 32.2. The Morgan fingerprint density at radius 2 is 1.88 bits per heavy atom. The number of hydrogen-bond acceptors (Lipinski definition) is 2. The van der Waals surface area contributed by atoms with E-state index in [1.807, 2.05) is 6.92 Å². The lowest BCUT2D eigenvalue weighted by Crippen LogP contribution is -2.43. The van der Waals surface area contributed by atoms with Gasteiger partial charge < -0.3 is 0 Å². The van der Waals surface area contributed by atoms with Gasteiger partial charge in [-0.1, -0.05) is 6.92 Å². The van der Waals surface area contributed by atoms with Crippen molar-refractivity contribution in [3.63, 3.8) is 0 Å². The molecule has 1 aliphatic rings. The van der Waals surface area contributed by atoms with E-state index < -0.39 is 9.84 Å². The Morgan fingerprint density at radius 1 is 1.38 bits per heavy atom. The maximum absolute atomic E-state index is 10.6. The molecule has 0 radical (unpaired) electrons.